The van der Waals surface area contributed by atoms with Crippen LogP contribution in [-0.4, -0.2) is 4.98 Å². The van der Waals surface area contributed by atoms with E-state index in [1.165, 1.54) is 5.56 Å². The topological polar surface area (TPSA) is 52.0 Å². The molecule has 0 aliphatic carbocycles. The average molecular weight is 301 g/mol. The van der Waals surface area contributed by atoms with Gasteiger partial charge in [0.25, 0.3) is 0 Å². The molecular formula is C17H17ClN2O. The summed E-state index contributed by atoms with van der Waals surface area (Å²) >= 11 is 6.05. The Balaban J connectivity index is 2.15. The van der Waals surface area contributed by atoms with E-state index in [0.717, 1.165) is 16.7 Å². The molecule has 0 spiro atoms. The van der Waals surface area contributed by atoms with E-state index in [0.29, 0.717) is 16.6 Å². The van der Waals surface area contributed by atoms with Gasteiger partial charge in [-0.25, -0.2) is 4.98 Å². The van der Waals surface area contributed by atoms with Gasteiger partial charge in [0.15, 0.2) is 5.58 Å². The van der Waals surface area contributed by atoms with Crippen LogP contribution in [-0.2, 0) is 5.41 Å². The Hall–Kier alpha value is -2.00. The molecule has 0 bridgehead atoms. The molecule has 21 heavy (non-hydrogen) atoms. The van der Waals surface area contributed by atoms with Crippen molar-refractivity contribution in [2.75, 3.05) is 5.73 Å². The third-order valence-corrected chi connectivity index (χ3v) is 3.87. The van der Waals surface area contributed by atoms with Crippen molar-refractivity contribution >= 4 is 28.4 Å². The highest BCUT2D eigenvalue weighted by Gasteiger charge is 2.17. The van der Waals surface area contributed by atoms with Crippen LogP contribution in [0.15, 0.2) is 40.8 Å². The van der Waals surface area contributed by atoms with Crippen LogP contribution < -0.4 is 5.73 Å². The Morgan fingerprint density at radius 2 is 1.90 bits per heavy atom. The predicted octanol–water partition coefficient (Wildman–Crippen LogP) is 5.03. The zero-order valence-electron chi connectivity index (χ0n) is 12.3. The third-order valence-electron chi connectivity index (χ3n) is 3.54. The van der Waals surface area contributed by atoms with Crippen LogP contribution in [0.3, 0.4) is 0 Å². The van der Waals surface area contributed by atoms with E-state index in [9.17, 15) is 0 Å². The third kappa shape index (κ3) is 2.49. The zero-order chi connectivity index (χ0) is 15.2. The lowest BCUT2D eigenvalue weighted by Crippen LogP contribution is -2.10. The molecule has 0 aliphatic rings. The zero-order valence-corrected chi connectivity index (χ0v) is 13.0. The minimum atomic E-state index is 0.0718. The fourth-order valence-electron chi connectivity index (χ4n) is 2.23. The van der Waals surface area contributed by atoms with E-state index < -0.39 is 0 Å². The fraction of sp³-hybridized carbons (Fsp3) is 0.235. The molecule has 4 heteroatoms. The van der Waals surface area contributed by atoms with Crippen LogP contribution in [0, 0.1) is 0 Å². The summed E-state index contributed by atoms with van der Waals surface area (Å²) in [6, 6.07) is 11.5. The Labute approximate surface area is 128 Å². The van der Waals surface area contributed by atoms with E-state index in [4.69, 9.17) is 21.8 Å². The number of para-hydroxylation sites is 1. The molecule has 0 radical (unpaired) electrons. The van der Waals surface area contributed by atoms with Crippen LogP contribution in [0.5, 0.6) is 0 Å². The van der Waals surface area contributed by atoms with Crippen molar-refractivity contribution < 1.29 is 4.42 Å². The van der Waals surface area contributed by atoms with Crippen molar-refractivity contribution in [1.82, 2.24) is 4.98 Å². The predicted molar refractivity (Wildman–Crippen MR) is 87.6 cm³/mol. The van der Waals surface area contributed by atoms with Crippen molar-refractivity contribution in [3.8, 4) is 11.5 Å². The van der Waals surface area contributed by atoms with Crippen LogP contribution in [0.4, 0.5) is 5.69 Å². The van der Waals surface area contributed by atoms with Crippen LogP contribution in [0.2, 0.25) is 5.02 Å². The summed E-state index contributed by atoms with van der Waals surface area (Å²) in [5.74, 6) is 0.496. The number of nitrogens with two attached hydrogens (primary N) is 1. The van der Waals surface area contributed by atoms with Gasteiger partial charge in [-0.05, 0) is 35.2 Å². The van der Waals surface area contributed by atoms with Crippen LogP contribution >= 0.6 is 11.6 Å². The van der Waals surface area contributed by atoms with Gasteiger partial charge in [0.05, 0.1) is 16.3 Å². The number of benzene rings is 2. The molecule has 2 aromatic carbocycles. The highest BCUT2D eigenvalue weighted by Crippen LogP contribution is 2.34. The van der Waals surface area contributed by atoms with Crippen molar-refractivity contribution in [2.24, 2.45) is 0 Å². The van der Waals surface area contributed by atoms with Crippen molar-refractivity contribution in [2.45, 2.75) is 26.2 Å². The van der Waals surface area contributed by atoms with Gasteiger partial charge in [-0.3, -0.25) is 0 Å². The summed E-state index contributed by atoms with van der Waals surface area (Å²) in [4.78, 5) is 4.55. The van der Waals surface area contributed by atoms with Gasteiger partial charge in [0.2, 0.25) is 5.89 Å². The lowest BCUT2D eigenvalue weighted by Gasteiger charge is -2.18. The SMILES string of the molecule is CC(C)(C)c1ccc2oc(-c3cccc(Cl)c3N)nc2c1. The Kier molecular flexibility index (Phi) is 3.18. The number of hydrogen-bond acceptors (Lipinski definition) is 3. The summed E-state index contributed by atoms with van der Waals surface area (Å²) in [6.07, 6.45) is 0. The maximum atomic E-state index is 6.05. The first kappa shape index (κ1) is 14.0. The van der Waals surface area contributed by atoms with Crippen molar-refractivity contribution in [3.63, 3.8) is 0 Å². The minimum absolute atomic E-state index is 0.0718. The number of nitrogens with zero attached hydrogens (tertiary/aromatic N) is 1. The second-order valence-electron chi connectivity index (χ2n) is 6.15. The first-order valence-corrected chi connectivity index (χ1v) is 7.19. The van der Waals surface area contributed by atoms with Gasteiger partial charge < -0.3 is 10.2 Å². The number of aromatic nitrogens is 1. The fourth-order valence-corrected chi connectivity index (χ4v) is 2.41. The summed E-state index contributed by atoms with van der Waals surface area (Å²) in [7, 11) is 0. The van der Waals surface area contributed by atoms with Gasteiger partial charge in [-0.15, -0.1) is 0 Å². The number of nitrogen functional groups attached to an aromatic ring is 1. The Bertz CT molecular complexity index is 815. The maximum absolute atomic E-state index is 6.05. The molecule has 0 saturated heterocycles. The quantitative estimate of drug-likeness (QED) is 0.641. The van der Waals surface area contributed by atoms with E-state index in [1.54, 1.807) is 6.07 Å². The first-order valence-electron chi connectivity index (χ1n) is 6.82. The smallest absolute Gasteiger partial charge is 0.229 e. The summed E-state index contributed by atoms with van der Waals surface area (Å²) in [5.41, 5.74) is 10.1. The van der Waals surface area contributed by atoms with Crippen molar-refractivity contribution in [3.05, 3.63) is 47.0 Å². The second-order valence-corrected chi connectivity index (χ2v) is 6.56. The largest absolute Gasteiger partial charge is 0.436 e. The molecule has 3 aromatic rings. The number of oxazole rings is 1. The average Bonchev–Trinajstić information content (AvgIpc) is 2.83. The molecule has 2 N–H and O–H groups in total. The highest BCUT2D eigenvalue weighted by molar-refractivity contribution is 6.33. The molecule has 0 fully saturated rings. The monoisotopic (exact) mass is 300 g/mol. The number of anilines is 1. The lowest BCUT2D eigenvalue weighted by atomic mass is 9.87. The van der Waals surface area contributed by atoms with Crippen molar-refractivity contribution in [1.29, 1.82) is 0 Å². The number of rotatable bonds is 1. The van der Waals surface area contributed by atoms with Crippen LogP contribution in [0.25, 0.3) is 22.6 Å². The maximum Gasteiger partial charge on any atom is 0.229 e. The van der Waals surface area contributed by atoms with Gasteiger partial charge >= 0.3 is 0 Å². The minimum Gasteiger partial charge on any atom is -0.436 e. The molecule has 108 valence electrons. The lowest BCUT2D eigenvalue weighted by molar-refractivity contribution is 0.590. The van der Waals surface area contributed by atoms with E-state index in [2.05, 4.69) is 37.9 Å². The van der Waals surface area contributed by atoms with E-state index in [1.807, 2.05) is 18.2 Å². The first-order chi connectivity index (χ1) is 9.86. The summed E-state index contributed by atoms with van der Waals surface area (Å²) in [6.45, 7) is 6.51. The molecular weight excluding hydrogens is 284 g/mol. The van der Waals surface area contributed by atoms with Gasteiger partial charge in [-0.1, -0.05) is 44.5 Å². The summed E-state index contributed by atoms with van der Waals surface area (Å²) in [5, 5.41) is 0.505. The molecule has 0 aliphatic heterocycles. The molecule has 3 rings (SSSR count). The van der Waals surface area contributed by atoms with Gasteiger partial charge in [0.1, 0.15) is 5.52 Å². The Morgan fingerprint density at radius 1 is 1.14 bits per heavy atom. The van der Waals surface area contributed by atoms with Gasteiger partial charge in [-0.2, -0.15) is 0 Å². The molecule has 0 saturated carbocycles. The molecule has 3 nitrogen and oxygen atoms in total. The molecule has 0 amide bonds. The molecule has 0 unspecified atom stereocenters. The van der Waals surface area contributed by atoms with Gasteiger partial charge in [0, 0.05) is 0 Å². The number of fused-ring (bicyclic) bond motifs is 1. The second kappa shape index (κ2) is 4.78. The van der Waals surface area contributed by atoms with Crippen LogP contribution in [0.1, 0.15) is 26.3 Å². The normalized spacial score (nSPS) is 12.0. The summed E-state index contributed by atoms with van der Waals surface area (Å²) < 4.78 is 5.81. The van der Waals surface area contributed by atoms with E-state index in [-0.39, 0.29) is 5.41 Å². The molecule has 0 atom stereocenters. The number of hydrogen-bond donors (Lipinski definition) is 1. The molecule has 1 aromatic heterocycles. The number of halogens is 1. The molecule has 1 heterocycles. The van der Waals surface area contributed by atoms with E-state index >= 15 is 0 Å². The highest BCUT2D eigenvalue weighted by atomic mass is 35.5. The Morgan fingerprint density at radius 3 is 2.62 bits per heavy atom. The standard InChI is InChI=1S/C17H17ClN2O/c1-17(2,3)10-7-8-14-13(9-10)20-16(21-14)11-5-4-6-12(18)15(11)19/h4-9H,19H2,1-3H3.